The summed E-state index contributed by atoms with van der Waals surface area (Å²) in [6, 6.07) is 7.96. The minimum Gasteiger partial charge on any atom is -0.374 e. The van der Waals surface area contributed by atoms with E-state index in [-0.39, 0.29) is 17.8 Å². The second-order valence-electron chi connectivity index (χ2n) is 11.6. The van der Waals surface area contributed by atoms with Crippen LogP contribution >= 0.6 is 11.6 Å². The monoisotopic (exact) mass is 563 g/mol. The third kappa shape index (κ3) is 4.81. The van der Waals surface area contributed by atoms with Gasteiger partial charge < -0.3 is 14.2 Å². The fourth-order valence-corrected chi connectivity index (χ4v) is 6.99. The molecule has 1 aromatic carbocycles. The van der Waals surface area contributed by atoms with Gasteiger partial charge in [0.15, 0.2) is 5.65 Å². The van der Waals surface area contributed by atoms with Crippen LogP contribution in [0, 0.1) is 11.8 Å². The van der Waals surface area contributed by atoms with E-state index in [1.807, 2.05) is 24.3 Å². The molecule has 1 N–H and O–H groups in total. The number of nitrogens with one attached hydrogen (secondary N) is 1. The van der Waals surface area contributed by atoms with Gasteiger partial charge in [-0.25, -0.2) is 14.8 Å². The SMILES string of the molecule is CC1CCC(Cn2c(N3CCOC4CCCCC43)nc3nc(-c4noc(=O)[nH]4)nc(-c4cccc(Cl)c4)c32)CC1. The summed E-state index contributed by atoms with van der Waals surface area (Å²) in [4.78, 5) is 31.8. The molecule has 2 atom stereocenters. The second kappa shape index (κ2) is 10.6. The average molecular weight is 564 g/mol. The second-order valence-corrected chi connectivity index (χ2v) is 12.1. The Labute approximate surface area is 237 Å². The van der Waals surface area contributed by atoms with E-state index in [1.54, 1.807) is 0 Å². The molecule has 0 spiro atoms. The van der Waals surface area contributed by atoms with Crippen molar-refractivity contribution in [2.45, 2.75) is 77.0 Å². The molecule has 4 aromatic rings. The number of ether oxygens (including phenoxy) is 1. The van der Waals surface area contributed by atoms with Crippen molar-refractivity contribution in [2.75, 3.05) is 18.1 Å². The van der Waals surface area contributed by atoms with Gasteiger partial charge in [0, 0.05) is 23.7 Å². The Hall–Kier alpha value is -3.24. The number of nitrogens with zero attached hydrogens (tertiary/aromatic N) is 6. The molecule has 1 saturated heterocycles. The van der Waals surface area contributed by atoms with Gasteiger partial charge in [0.2, 0.25) is 17.6 Å². The maximum Gasteiger partial charge on any atom is 0.439 e. The van der Waals surface area contributed by atoms with E-state index in [4.69, 9.17) is 35.8 Å². The number of fused-ring (bicyclic) bond motifs is 2. The molecule has 1 aliphatic heterocycles. The van der Waals surface area contributed by atoms with Gasteiger partial charge in [-0.2, -0.15) is 4.98 Å². The van der Waals surface area contributed by atoms with Gasteiger partial charge in [0.1, 0.15) is 11.2 Å². The Balaban J connectivity index is 1.44. The van der Waals surface area contributed by atoms with Crippen LogP contribution in [0.1, 0.15) is 58.3 Å². The van der Waals surface area contributed by atoms with E-state index >= 15 is 0 Å². The first kappa shape index (κ1) is 25.7. The third-order valence-electron chi connectivity index (χ3n) is 8.90. The Kier molecular flexibility index (Phi) is 6.83. The number of anilines is 1. The molecule has 7 rings (SSSR count). The van der Waals surface area contributed by atoms with Crippen molar-refractivity contribution in [3.63, 3.8) is 0 Å². The Morgan fingerprint density at radius 2 is 1.93 bits per heavy atom. The quantitative estimate of drug-likeness (QED) is 0.340. The van der Waals surface area contributed by atoms with Gasteiger partial charge in [-0.1, -0.05) is 61.5 Å². The van der Waals surface area contributed by atoms with Crippen molar-refractivity contribution < 1.29 is 9.26 Å². The van der Waals surface area contributed by atoms with Crippen LogP contribution in [0.2, 0.25) is 5.02 Å². The molecule has 2 unspecified atom stereocenters. The maximum atomic E-state index is 11.8. The minimum absolute atomic E-state index is 0.172. The van der Waals surface area contributed by atoms with E-state index in [0.29, 0.717) is 34.9 Å². The van der Waals surface area contributed by atoms with Crippen molar-refractivity contribution >= 4 is 28.7 Å². The van der Waals surface area contributed by atoms with Crippen molar-refractivity contribution in [1.82, 2.24) is 29.7 Å². The topological polar surface area (TPSA) is 115 Å². The lowest BCUT2D eigenvalue weighted by molar-refractivity contribution is -0.00958. The Bertz CT molecular complexity index is 1570. The normalized spacial score (nSPS) is 25.3. The summed E-state index contributed by atoms with van der Waals surface area (Å²) in [5.41, 5.74) is 3.02. The molecule has 3 aromatic heterocycles. The van der Waals surface area contributed by atoms with E-state index < -0.39 is 5.76 Å². The highest BCUT2D eigenvalue weighted by atomic mass is 35.5. The summed E-state index contributed by atoms with van der Waals surface area (Å²) in [6.45, 7) is 4.68. The van der Waals surface area contributed by atoms with Crippen LogP contribution in [0.15, 0.2) is 33.6 Å². The predicted molar refractivity (Wildman–Crippen MR) is 152 cm³/mol. The molecular formula is C29H34ClN7O3. The van der Waals surface area contributed by atoms with E-state index in [0.717, 1.165) is 48.9 Å². The number of rotatable bonds is 5. The number of morpholine rings is 1. The van der Waals surface area contributed by atoms with Crippen LogP contribution in [0.25, 0.3) is 34.1 Å². The predicted octanol–water partition coefficient (Wildman–Crippen LogP) is 5.46. The summed E-state index contributed by atoms with van der Waals surface area (Å²) < 4.78 is 13.4. The Morgan fingerprint density at radius 3 is 2.73 bits per heavy atom. The number of benzene rings is 1. The Morgan fingerprint density at radius 1 is 1.07 bits per heavy atom. The average Bonchev–Trinajstić information content (AvgIpc) is 3.57. The number of hydrogen-bond acceptors (Lipinski definition) is 8. The highest BCUT2D eigenvalue weighted by Gasteiger charge is 2.37. The summed E-state index contributed by atoms with van der Waals surface area (Å²) in [5.74, 6) is 2.03. The molecular weight excluding hydrogens is 530 g/mol. The lowest BCUT2D eigenvalue weighted by Crippen LogP contribution is -2.53. The molecule has 0 bridgehead atoms. The fourth-order valence-electron chi connectivity index (χ4n) is 6.80. The molecule has 3 fully saturated rings. The summed E-state index contributed by atoms with van der Waals surface area (Å²) >= 11 is 6.46. The first-order valence-electron chi connectivity index (χ1n) is 14.5. The third-order valence-corrected chi connectivity index (χ3v) is 9.13. The molecule has 4 heterocycles. The molecule has 11 heteroatoms. The summed E-state index contributed by atoms with van der Waals surface area (Å²) in [6.07, 6.45) is 9.68. The van der Waals surface area contributed by atoms with Crippen molar-refractivity contribution in [1.29, 1.82) is 0 Å². The molecule has 10 nitrogen and oxygen atoms in total. The van der Waals surface area contributed by atoms with Crippen LogP contribution in [0.5, 0.6) is 0 Å². The zero-order chi connectivity index (χ0) is 27.2. The minimum atomic E-state index is -0.655. The molecule has 3 aliphatic rings. The van der Waals surface area contributed by atoms with Crippen LogP contribution in [-0.2, 0) is 11.3 Å². The molecule has 0 amide bonds. The molecule has 2 aliphatic carbocycles. The molecule has 40 heavy (non-hydrogen) atoms. The first-order valence-corrected chi connectivity index (χ1v) is 14.9. The van der Waals surface area contributed by atoms with E-state index in [2.05, 4.69) is 26.5 Å². The van der Waals surface area contributed by atoms with Crippen LogP contribution in [0.4, 0.5) is 5.95 Å². The van der Waals surface area contributed by atoms with Gasteiger partial charge in [0.25, 0.3) is 0 Å². The van der Waals surface area contributed by atoms with Gasteiger partial charge >= 0.3 is 5.76 Å². The lowest BCUT2D eigenvalue weighted by Gasteiger charge is -2.44. The van der Waals surface area contributed by atoms with Gasteiger partial charge in [0.05, 0.1) is 18.8 Å². The highest BCUT2D eigenvalue weighted by molar-refractivity contribution is 6.30. The maximum absolute atomic E-state index is 11.8. The zero-order valence-electron chi connectivity index (χ0n) is 22.7. The lowest BCUT2D eigenvalue weighted by atomic mass is 9.83. The summed E-state index contributed by atoms with van der Waals surface area (Å²) in [5, 5.41) is 4.48. The zero-order valence-corrected chi connectivity index (χ0v) is 23.4. The largest absolute Gasteiger partial charge is 0.439 e. The van der Waals surface area contributed by atoms with Crippen molar-refractivity contribution in [3.05, 3.63) is 39.8 Å². The van der Waals surface area contributed by atoms with Gasteiger partial charge in [-0.15, -0.1) is 0 Å². The highest BCUT2D eigenvalue weighted by Crippen LogP contribution is 2.39. The molecule has 0 radical (unpaired) electrons. The summed E-state index contributed by atoms with van der Waals surface area (Å²) in [7, 11) is 0. The fraction of sp³-hybridized carbons (Fsp3) is 0.552. The van der Waals surface area contributed by atoms with Gasteiger partial charge in [-0.05, 0) is 49.7 Å². The smallest absolute Gasteiger partial charge is 0.374 e. The first-order chi connectivity index (χ1) is 19.5. The molecule has 2 saturated carbocycles. The van der Waals surface area contributed by atoms with Crippen molar-refractivity contribution in [3.8, 4) is 22.9 Å². The number of aromatic amines is 1. The standard InChI is InChI=1S/C29H34ClN7O3/c1-17-9-11-18(12-10-17)16-37-24-23(19-5-4-6-20(30)15-19)31-26(27-34-29(38)40-35-27)32-25(24)33-28(37)36-13-14-39-22-8-3-2-7-21(22)36/h4-6,15,17-18,21-22H,2-3,7-14,16H2,1H3,(H,34,35,38). The van der Waals surface area contributed by atoms with Crippen LogP contribution in [-0.4, -0.2) is 55.0 Å². The molecule has 210 valence electrons. The number of imidazole rings is 1. The number of aromatic nitrogens is 6. The van der Waals surface area contributed by atoms with E-state index in [1.165, 1.54) is 38.5 Å². The number of halogens is 1. The number of H-pyrrole nitrogens is 1. The van der Waals surface area contributed by atoms with Crippen LogP contribution in [0.3, 0.4) is 0 Å². The van der Waals surface area contributed by atoms with Gasteiger partial charge in [-0.3, -0.25) is 9.51 Å². The van der Waals surface area contributed by atoms with E-state index in [9.17, 15) is 4.79 Å². The van der Waals surface area contributed by atoms with Crippen LogP contribution < -0.4 is 10.7 Å². The van der Waals surface area contributed by atoms with Crippen molar-refractivity contribution in [2.24, 2.45) is 11.8 Å². The number of hydrogen-bond donors (Lipinski definition) is 1.